The first-order valence-corrected chi connectivity index (χ1v) is 25.6. The summed E-state index contributed by atoms with van der Waals surface area (Å²) in [5.74, 6) is 0. The molecule has 2 nitrogen and oxygen atoms in total. The van der Waals surface area contributed by atoms with E-state index in [9.17, 15) is 0 Å². The number of hydrogen-bond donors (Lipinski definition) is 0. The lowest BCUT2D eigenvalue weighted by molar-refractivity contribution is 0.0634. The normalized spacial score (nSPS) is 14.4. The third kappa shape index (κ3) is 9.59. The average Bonchev–Trinajstić information content (AvgIpc) is 3.01. The van der Waals surface area contributed by atoms with Crippen molar-refractivity contribution in [3.8, 4) is 0 Å². The van der Waals surface area contributed by atoms with E-state index in [1.165, 1.54) is 21.2 Å². The second-order valence-electron chi connectivity index (χ2n) is 15.4. The zero-order valence-corrected chi connectivity index (χ0v) is 33.6. The highest BCUT2D eigenvalue weighted by atomic mass is 31.1. The van der Waals surface area contributed by atoms with E-state index < -0.39 is 32.5 Å². The highest BCUT2D eigenvalue weighted by Crippen LogP contribution is 2.46. The van der Waals surface area contributed by atoms with Crippen LogP contribution in [0.5, 0.6) is 0 Å². The van der Waals surface area contributed by atoms with Gasteiger partial charge in [0.05, 0.1) is 12.2 Å². The van der Waals surface area contributed by atoms with Gasteiger partial charge < -0.3 is 8.85 Å². The highest BCUT2D eigenvalue weighted by Gasteiger charge is 2.46. The Morgan fingerprint density at radius 2 is 0.652 bits per heavy atom. The Hall–Kier alpha value is -1.91. The van der Waals surface area contributed by atoms with Gasteiger partial charge in [0.25, 0.3) is 0 Å². The molecular weight excluding hydrogens is 631 g/mol. The summed E-state index contributed by atoms with van der Waals surface area (Å²) in [6, 6.07) is 44.5. The van der Waals surface area contributed by atoms with Crippen molar-refractivity contribution in [3.63, 3.8) is 0 Å². The summed E-state index contributed by atoms with van der Waals surface area (Å²) in [7, 11) is -5.70. The van der Waals surface area contributed by atoms with Crippen LogP contribution >= 0.6 is 15.8 Å². The van der Waals surface area contributed by atoms with E-state index in [1.807, 2.05) is 0 Å². The molecule has 0 spiro atoms. The van der Waals surface area contributed by atoms with Crippen molar-refractivity contribution in [2.75, 3.05) is 12.3 Å². The van der Waals surface area contributed by atoms with Gasteiger partial charge in [0.2, 0.25) is 0 Å². The molecule has 4 aromatic rings. The van der Waals surface area contributed by atoms with Gasteiger partial charge >= 0.3 is 0 Å². The molecule has 0 aliphatic carbocycles. The molecule has 0 aromatic heterocycles. The maximum absolute atomic E-state index is 7.63. The van der Waals surface area contributed by atoms with Crippen molar-refractivity contribution < 1.29 is 8.85 Å². The Kier molecular flexibility index (Phi) is 12.5. The highest BCUT2D eigenvalue weighted by molar-refractivity contribution is 7.73. The molecule has 0 fully saturated rings. The van der Waals surface area contributed by atoms with Gasteiger partial charge in [-0.3, -0.25) is 0 Å². The first-order valence-electron chi connectivity index (χ1n) is 16.7. The van der Waals surface area contributed by atoms with E-state index in [0.717, 1.165) is 12.3 Å². The van der Waals surface area contributed by atoms with Crippen LogP contribution in [0.3, 0.4) is 0 Å². The molecule has 4 rings (SSSR count). The fourth-order valence-electron chi connectivity index (χ4n) is 5.08. The van der Waals surface area contributed by atoms with Gasteiger partial charge in [-0.05, 0) is 73.3 Å². The van der Waals surface area contributed by atoms with Crippen LogP contribution in [0.2, 0.25) is 36.3 Å². The van der Waals surface area contributed by atoms with Crippen LogP contribution in [0.15, 0.2) is 121 Å². The third-order valence-corrected chi connectivity index (χ3v) is 24.1. The van der Waals surface area contributed by atoms with Crippen molar-refractivity contribution in [1.29, 1.82) is 0 Å². The molecule has 2 atom stereocenters. The average molecular weight is 687 g/mol. The molecule has 0 heterocycles. The lowest BCUT2D eigenvalue weighted by Gasteiger charge is -2.46. The summed E-state index contributed by atoms with van der Waals surface area (Å²) in [5, 5.41) is 5.75. The maximum Gasteiger partial charge on any atom is 0.192 e. The van der Waals surface area contributed by atoms with Gasteiger partial charge in [0, 0.05) is 12.3 Å². The van der Waals surface area contributed by atoms with E-state index in [0.29, 0.717) is 0 Å². The maximum atomic E-state index is 7.63. The van der Waals surface area contributed by atoms with Crippen LogP contribution < -0.4 is 21.2 Å². The van der Waals surface area contributed by atoms with Crippen LogP contribution in [-0.4, -0.2) is 41.2 Å². The van der Waals surface area contributed by atoms with Crippen molar-refractivity contribution in [2.24, 2.45) is 0 Å². The quantitative estimate of drug-likeness (QED) is 0.103. The van der Waals surface area contributed by atoms with Crippen molar-refractivity contribution >= 4 is 53.7 Å². The van der Waals surface area contributed by atoms with Crippen molar-refractivity contribution in [3.05, 3.63) is 121 Å². The second kappa shape index (κ2) is 15.5. The molecule has 46 heavy (non-hydrogen) atoms. The Balaban J connectivity index is 1.89. The molecule has 0 saturated carbocycles. The lowest BCUT2D eigenvalue weighted by atomic mass is 10.2. The van der Waals surface area contributed by atoms with Gasteiger partial charge in [-0.2, -0.15) is 0 Å². The second-order valence-corrected chi connectivity index (χ2v) is 29.4. The van der Waals surface area contributed by atoms with Crippen LogP contribution in [-0.2, 0) is 8.85 Å². The van der Waals surface area contributed by atoms with E-state index in [-0.39, 0.29) is 22.3 Å². The minimum Gasteiger partial charge on any atom is -0.411 e. The molecule has 0 aliphatic heterocycles. The largest absolute Gasteiger partial charge is 0.411 e. The molecule has 0 bridgehead atoms. The summed E-state index contributed by atoms with van der Waals surface area (Å²) in [6.45, 7) is 23.8. The van der Waals surface area contributed by atoms with E-state index in [2.05, 4.69) is 189 Å². The third-order valence-electron chi connectivity index (χ3n) is 9.92. The van der Waals surface area contributed by atoms with Gasteiger partial charge in [-0.1, -0.05) is 163 Å². The molecule has 6 heteroatoms. The van der Waals surface area contributed by atoms with Gasteiger partial charge in [0.15, 0.2) is 16.6 Å². The van der Waals surface area contributed by atoms with Gasteiger partial charge in [-0.25, -0.2) is 0 Å². The monoisotopic (exact) mass is 686 g/mol. The van der Waals surface area contributed by atoms with Crippen LogP contribution in [0.1, 0.15) is 41.5 Å². The number of hydrogen-bond acceptors (Lipinski definition) is 2. The SMILES string of the molecule is CC(C)(C)[Si](C)(C)OC(CP(c1ccccc1)c1ccccc1)C(CP(c1ccccc1)c1ccccc1)O[Si](C)(C)C(C)(C)C. The fourth-order valence-corrected chi connectivity index (χ4v) is 13.0. The molecule has 0 saturated heterocycles. The minimum atomic E-state index is -2.18. The van der Waals surface area contributed by atoms with E-state index in [4.69, 9.17) is 8.85 Å². The predicted molar refractivity (Wildman–Crippen MR) is 212 cm³/mol. The molecule has 0 N–H and O–H groups in total. The zero-order valence-electron chi connectivity index (χ0n) is 29.8. The summed E-state index contributed by atoms with van der Waals surface area (Å²) in [6.07, 6.45) is 1.78. The van der Waals surface area contributed by atoms with Gasteiger partial charge in [0.1, 0.15) is 0 Å². The Labute approximate surface area is 285 Å². The topological polar surface area (TPSA) is 18.5 Å². The minimum absolute atomic E-state index is 0.0426. The fraction of sp³-hybridized carbons (Fsp3) is 0.400. The Bertz CT molecular complexity index is 1270. The molecule has 246 valence electrons. The van der Waals surface area contributed by atoms with E-state index in [1.54, 1.807) is 0 Å². The first kappa shape index (κ1) is 36.9. The summed E-state index contributed by atoms with van der Waals surface area (Å²) < 4.78 is 15.3. The summed E-state index contributed by atoms with van der Waals surface area (Å²) >= 11 is 0. The lowest BCUT2D eigenvalue weighted by Crippen LogP contribution is -2.54. The summed E-state index contributed by atoms with van der Waals surface area (Å²) in [4.78, 5) is 0. The number of rotatable bonds is 13. The van der Waals surface area contributed by atoms with Crippen LogP contribution in [0.4, 0.5) is 0 Å². The smallest absolute Gasteiger partial charge is 0.192 e. The van der Waals surface area contributed by atoms with Crippen molar-refractivity contribution in [2.45, 2.75) is 90.0 Å². The Morgan fingerprint density at radius 1 is 0.435 bits per heavy atom. The predicted octanol–water partition coefficient (Wildman–Crippen LogP) is 10.0. The molecule has 0 aliphatic rings. The molecule has 0 radical (unpaired) electrons. The van der Waals surface area contributed by atoms with Crippen LogP contribution in [0.25, 0.3) is 0 Å². The Morgan fingerprint density at radius 3 is 0.848 bits per heavy atom. The first-order chi connectivity index (χ1) is 21.6. The summed E-state index contributed by atoms with van der Waals surface area (Å²) in [5.41, 5.74) is 0. The van der Waals surface area contributed by atoms with Gasteiger partial charge in [-0.15, -0.1) is 0 Å². The van der Waals surface area contributed by atoms with Crippen LogP contribution in [0, 0.1) is 0 Å². The van der Waals surface area contributed by atoms with Crippen molar-refractivity contribution in [1.82, 2.24) is 0 Å². The van der Waals surface area contributed by atoms with E-state index >= 15 is 0 Å². The molecule has 2 unspecified atom stereocenters. The molecule has 4 aromatic carbocycles. The zero-order chi connectivity index (χ0) is 33.6. The standard InChI is InChI=1S/C40H56O2P2Si2/c1-39(2,3)45(7,8)41-37(31-43(33-23-15-11-16-24-33)34-25-17-12-18-26-34)38(42-46(9,10)40(4,5)6)32-44(35-27-19-13-20-28-35)36-29-21-14-22-30-36/h11-30,37-38H,31-32H2,1-10H3. The molecule has 0 amide bonds. The molecular formula is C40H56O2P2Si2. The number of benzene rings is 4.